The summed E-state index contributed by atoms with van der Waals surface area (Å²) in [6.07, 6.45) is 4.25. The van der Waals surface area contributed by atoms with E-state index in [1.54, 1.807) is 12.1 Å². The zero-order valence-electron chi connectivity index (χ0n) is 14.4. The molecule has 0 radical (unpaired) electrons. The number of rotatable bonds is 7. The number of benzene rings is 2. The molecule has 0 spiro atoms. The summed E-state index contributed by atoms with van der Waals surface area (Å²) in [5, 5.41) is 3.92. The molecule has 3 aromatic rings. The molecule has 0 saturated heterocycles. The van der Waals surface area contributed by atoms with Gasteiger partial charge in [-0.05, 0) is 48.7 Å². The highest BCUT2D eigenvalue weighted by atomic mass is 19.1. The van der Waals surface area contributed by atoms with Gasteiger partial charge in [0.25, 0.3) is 0 Å². The van der Waals surface area contributed by atoms with Gasteiger partial charge < -0.3 is 15.0 Å². The Bertz CT molecular complexity index is 916. The molecule has 1 amide bonds. The Morgan fingerprint density at radius 1 is 1.19 bits per heavy atom. The molecule has 2 N–H and O–H groups in total. The Kier molecular flexibility index (Phi) is 4.37. The van der Waals surface area contributed by atoms with Crippen molar-refractivity contribution in [3.05, 3.63) is 66.1 Å². The second-order valence-electron chi connectivity index (χ2n) is 6.86. The van der Waals surface area contributed by atoms with Crippen LogP contribution in [0, 0.1) is 5.82 Å². The Labute approximate surface area is 151 Å². The Hall–Kier alpha value is -2.82. The zero-order valence-corrected chi connectivity index (χ0v) is 14.4. The highest BCUT2D eigenvalue weighted by molar-refractivity contribution is 5.85. The Balaban J connectivity index is 1.33. The summed E-state index contributed by atoms with van der Waals surface area (Å²) in [7, 11) is 0. The summed E-state index contributed by atoms with van der Waals surface area (Å²) in [6, 6.07) is 14.2. The number of ether oxygens (including phenoxy) is 1. The molecule has 2 aromatic carbocycles. The number of H-pyrrole nitrogens is 1. The quantitative estimate of drug-likeness (QED) is 0.677. The van der Waals surface area contributed by atoms with Gasteiger partial charge in [-0.25, -0.2) is 4.39 Å². The SMILES string of the molecule is O=C(CCOc1ccccc1)NCC1(c2c[nH]c3ccc(F)cc23)CC1. The first-order valence-corrected chi connectivity index (χ1v) is 8.88. The van der Waals surface area contributed by atoms with Gasteiger partial charge in [0.2, 0.25) is 5.91 Å². The van der Waals surface area contributed by atoms with E-state index < -0.39 is 0 Å². The van der Waals surface area contributed by atoms with E-state index in [1.807, 2.05) is 36.5 Å². The number of carbonyl (C=O) groups excluding carboxylic acids is 1. The van der Waals surface area contributed by atoms with E-state index in [-0.39, 0.29) is 17.1 Å². The fourth-order valence-electron chi connectivity index (χ4n) is 3.36. The number of aromatic amines is 1. The highest BCUT2D eigenvalue weighted by Crippen LogP contribution is 2.50. The minimum Gasteiger partial charge on any atom is -0.493 e. The summed E-state index contributed by atoms with van der Waals surface area (Å²) < 4.78 is 19.2. The average Bonchev–Trinajstić information content (AvgIpc) is 3.32. The first-order valence-electron chi connectivity index (χ1n) is 8.88. The number of aromatic nitrogens is 1. The number of fused-ring (bicyclic) bond motifs is 1. The van der Waals surface area contributed by atoms with Crippen LogP contribution in [0.25, 0.3) is 10.9 Å². The van der Waals surface area contributed by atoms with Gasteiger partial charge in [0.15, 0.2) is 0 Å². The van der Waals surface area contributed by atoms with Crippen molar-refractivity contribution in [2.45, 2.75) is 24.7 Å². The fraction of sp³-hybridized carbons (Fsp3) is 0.286. The monoisotopic (exact) mass is 352 g/mol. The van der Waals surface area contributed by atoms with Crippen LogP contribution in [0.1, 0.15) is 24.8 Å². The first-order chi connectivity index (χ1) is 12.7. The Morgan fingerprint density at radius 3 is 2.77 bits per heavy atom. The van der Waals surface area contributed by atoms with Crippen molar-refractivity contribution >= 4 is 16.8 Å². The summed E-state index contributed by atoms with van der Waals surface area (Å²) in [4.78, 5) is 15.3. The third kappa shape index (κ3) is 3.43. The molecule has 5 heteroatoms. The number of para-hydroxylation sites is 1. The Morgan fingerprint density at radius 2 is 2.00 bits per heavy atom. The highest BCUT2D eigenvalue weighted by Gasteiger charge is 2.45. The van der Waals surface area contributed by atoms with Crippen molar-refractivity contribution in [2.75, 3.05) is 13.2 Å². The van der Waals surface area contributed by atoms with Crippen LogP contribution >= 0.6 is 0 Å². The van der Waals surface area contributed by atoms with E-state index >= 15 is 0 Å². The van der Waals surface area contributed by atoms with E-state index in [0.717, 1.165) is 35.1 Å². The maximum atomic E-state index is 13.6. The topological polar surface area (TPSA) is 54.1 Å². The van der Waals surface area contributed by atoms with Crippen LogP contribution < -0.4 is 10.1 Å². The predicted octanol–water partition coefficient (Wildman–Crippen LogP) is 3.92. The van der Waals surface area contributed by atoms with Crippen LogP contribution in [0.15, 0.2) is 54.7 Å². The number of halogens is 1. The average molecular weight is 352 g/mol. The summed E-state index contributed by atoms with van der Waals surface area (Å²) in [5.74, 6) is 0.495. The second-order valence-corrected chi connectivity index (χ2v) is 6.86. The van der Waals surface area contributed by atoms with Gasteiger partial charge >= 0.3 is 0 Å². The zero-order chi connectivity index (χ0) is 18.0. The molecular weight excluding hydrogens is 331 g/mol. The van der Waals surface area contributed by atoms with Crippen LogP contribution in [0.2, 0.25) is 0 Å². The largest absolute Gasteiger partial charge is 0.493 e. The van der Waals surface area contributed by atoms with Crippen LogP contribution in [0.3, 0.4) is 0 Å². The first kappa shape index (κ1) is 16.6. The van der Waals surface area contributed by atoms with Crippen molar-refractivity contribution in [3.63, 3.8) is 0 Å². The minimum atomic E-state index is -0.240. The third-order valence-electron chi connectivity index (χ3n) is 5.03. The molecular formula is C21H21FN2O2. The molecule has 1 heterocycles. The van der Waals surface area contributed by atoms with E-state index in [4.69, 9.17) is 4.74 Å². The van der Waals surface area contributed by atoms with Crippen LogP contribution in [0.5, 0.6) is 5.75 Å². The molecule has 26 heavy (non-hydrogen) atoms. The van der Waals surface area contributed by atoms with Gasteiger partial charge in [-0.2, -0.15) is 0 Å². The lowest BCUT2D eigenvalue weighted by atomic mass is 9.95. The van der Waals surface area contributed by atoms with Crippen molar-refractivity contribution in [1.82, 2.24) is 10.3 Å². The molecule has 0 aliphatic heterocycles. The third-order valence-corrected chi connectivity index (χ3v) is 5.03. The maximum Gasteiger partial charge on any atom is 0.223 e. The summed E-state index contributed by atoms with van der Waals surface area (Å²) in [6.45, 7) is 0.918. The van der Waals surface area contributed by atoms with Crippen LogP contribution in [0.4, 0.5) is 4.39 Å². The normalized spacial score (nSPS) is 15.0. The summed E-state index contributed by atoms with van der Waals surface area (Å²) in [5.41, 5.74) is 1.94. The van der Waals surface area contributed by atoms with Gasteiger partial charge in [-0.15, -0.1) is 0 Å². The smallest absolute Gasteiger partial charge is 0.223 e. The summed E-state index contributed by atoms with van der Waals surface area (Å²) >= 11 is 0. The van der Waals surface area contributed by atoms with E-state index in [9.17, 15) is 9.18 Å². The molecule has 4 rings (SSSR count). The molecule has 134 valence electrons. The molecule has 0 unspecified atom stereocenters. The van der Waals surface area contributed by atoms with Gasteiger partial charge in [0.1, 0.15) is 11.6 Å². The molecule has 4 nitrogen and oxygen atoms in total. The molecule has 0 bridgehead atoms. The molecule has 1 aromatic heterocycles. The molecule has 0 atom stereocenters. The predicted molar refractivity (Wildman–Crippen MR) is 98.7 cm³/mol. The van der Waals surface area contributed by atoms with E-state index in [1.165, 1.54) is 6.07 Å². The number of hydrogen-bond acceptors (Lipinski definition) is 2. The van der Waals surface area contributed by atoms with Gasteiger partial charge in [-0.1, -0.05) is 18.2 Å². The number of carbonyl (C=O) groups is 1. The molecule has 1 fully saturated rings. The standard InChI is InChI=1S/C21H21FN2O2/c22-15-6-7-19-17(12-15)18(13-23-19)21(9-10-21)14-24-20(25)8-11-26-16-4-2-1-3-5-16/h1-7,12-13,23H,8-11,14H2,(H,24,25). The maximum absolute atomic E-state index is 13.6. The molecule has 1 aliphatic rings. The number of amides is 1. The number of hydrogen-bond donors (Lipinski definition) is 2. The lowest BCUT2D eigenvalue weighted by molar-refractivity contribution is -0.121. The lowest BCUT2D eigenvalue weighted by Gasteiger charge is -2.16. The van der Waals surface area contributed by atoms with Gasteiger partial charge in [0.05, 0.1) is 13.0 Å². The second kappa shape index (κ2) is 6.83. The van der Waals surface area contributed by atoms with Crippen molar-refractivity contribution in [3.8, 4) is 5.75 Å². The lowest BCUT2D eigenvalue weighted by Crippen LogP contribution is -2.32. The van der Waals surface area contributed by atoms with Gasteiger partial charge in [-0.3, -0.25) is 4.79 Å². The van der Waals surface area contributed by atoms with E-state index in [2.05, 4.69) is 10.3 Å². The fourth-order valence-corrected chi connectivity index (χ4v) is 3.36. The van der Waals surface area contributed by atoms with Crippen LogP contribution in [-0.4, -0.2) is 24.0 Å². The minimum absolute atomic E-state index is 0.0294. The van der Waals surface area contributed by atoms with Crippen molar-refractivity contribution in [1.29, 1.82) is 0 Å². The number of nitrogens with one attached hydrogen (secondary N) is 2. The van der Waals surface area contributed by atoms with E-state index in [0.29, 0.717) is 19.6 Å². The van der Waals surface area contributed by atoms with Gasteiger partial charge in [0, 0.05) is 29.1 Å². The molecule has 1 aliphatic carbocycles. The molecule has 1 saturated carbocycles. The van der Waals surface area contributed by atoms with Crippen molar-refractivity contribution < 1.29 is 13.9 Å². The van der Waals surface area contributed by atoms with Crippen molar-refractivity contribution in [2.24, 2.45) is 0 Å². The van der Waals surface area contributed by atoms with Crippen LogP contribution in [-0.2, 0) is 10.2 Å².